The molecule has 1 heterocycles. The minimum Gasteiger partial charge on any atom is -0.301 e. The maximum atomic E-state index is 13.8. The fourth-order valence-electron chi connectivity index (χ4n) is 2.48. The van der Waals surface area contributed by atoms with Crippen LogP contribution in [-0.2, 0) is 27.9 Å². The van der Waals surface area contributed by atoms with Crippen molar-refractivity contribution in [3.8, 4) is 0 Å². The zero-order valence-corrected chi connectivity index (χ0v) is 16.1. The molecule has 3 aromatic rings. The highest BCUT2D eigenvalue weighted by atomic mass is 32.2. The summed E-state index contributed by atoms with van der Waals surface area (Å²) >= 11 is 1.30. The first-order chi connectivity index (χ1) is 13.0. The molecule has 140 valence electrons. The molecular weight excluding hydrogens is 385 g/mol. The van der Waals surface area contributed by atoms with Crippen LogP contribution in [-0.4, -0.2) is 23.2 Å². The molecule has 1 aromatic heterocycles. The molecule has 5 nitrogen and oxygen atoms in total. The van der Waals surface area contributed by atoms with Gasteiger partial charge < -0.3 is 4.57 Å². The summed E-state index contributed by atoms with van der Waals surface area (Å²) in [5.74, 6) is 0.146. The maximum absolute atomic E-state index is 13.8. The molecule has 3 rings (SSSR count). The largest absolute Gasteiger partial charge is 0.301 e. The number of allylic oxidation sites excluding steroid dienone is 1. The van der Waals surface area contributed by atoms with Crippen LogP contribution < -0.4 is 0 Å². The fraction of sp³-hybridized carbons (Fsp3) is 0.158. The van der Waals surface area contributed by atoms with E-state index in [0.717, 1.165) is 0 Å². The van der Waals surface area contributed by atoms with Crippen molar-refractivity contribution in [1.82, 2.24) is 14.8 Å². The van der Waals surface area contributed by atoms with Gasteiger partial charge in [-0.25, -0.2) is 12.8 Å². The van der Waals surface area contributed by atoms with E-state index in [0.29, 0.717) is 28.8 Å². The summed E-state index contributed by atoms with van der Waals surface area (Å²) in [6, 6.07) is 14.7. The second-order valence-corrected chi connectivity index (χ2v) is 8.68. The highest BCUT2D eigenvalue weighted by molar-refractivity contribution is 7.98. The summed E-state index contributed by atoms with van der Waals surface area (Å²) in [7, 11) is -3.54. The highest BCUT2D eigenvalue weighted by Gasteiger charge is 2.21. The molecule has 0 spiro atoms. The molecule has 0 unspecified atom stereocenters. The van der Waals surface area contributed by atoms with Gasteiger partial charge in [-0.15, -0.1) is 16.8 Å². The zero-order valence-electron chi connectivity index (χ0n) is 14.5. The average molecular weight is 404 g/mol. The van der Waals surface area contributed by atoms with Crippen LogP contribution in [0.1, 0.15) is 11.4 Å². The minimum absolute atomic E-state index is 0.235. The second-order valence-electron chi connectivity index (χ2n) is 5.75. The van der Waals surface area contributed by atoms with Gasteiger partial charge in [-0.3, -0.25) is 0 Å². The predicted molar refractivity (Wildman–Crippen MR) is 104 cm³/mol. The summed E-state index contributed by atoms with van der Waals surface area (Å²) in [6.07, 6.45) is 1.65. The molecule has 0 fully saturated rings. The van der Waals surface area contributed by atoms with E-state index in [4.69, 9.17) is 0 Å². The summed E-state index contributed by atoms with van der Waals surface area (Å²) in [6.45, 7) is 4.08. The standard InChI is InChI=1S/C19H18FN3O2S2/c1-2-12-23-18(14-27(24,25)16-9-4-3-5-10-16)21-22-19(23)26-13-15-8-6-7-11-17(15)20/h2-11H,1,12-14H2. The molecule has 0 amide bonds. The zero-order chi connectivity index (χ0) is 19.3. The minimum atomic E-state index is -3.54. The van der Waals surface area contributed by atoms with Crippen LogP contribution in [0.2, 0.25) is 0 Å². The van der Waals surface area contributed by atoms with Gasteiger partial charge in [0.2, 0.25) is 0 Å². The second kappa shape index (κ2) is 8.49. The lowest BCUT2D eigenvalue weighted by Gasteiger charge is -2.09. The van der Waals surface area contributed by atoms with Crippen LogP contribution in [0.25, 0.3) is 0 Å². The van der Waals surface area contributed by atoms with Gasteiger partial charge in [0.1, 0.15) is 17.4 Å². The number of rotatable bonds is 8. The average Bonchev–Trinajstić information content (AvgIpc) is 3.03. The molecule has 0 saturated carbocycles. The molecule has 8 heteroatoms. The highest BCUT2D eigenvalue weighted by Crippen LogP contribution is 2.25. The lowest BCUT2D eigenvalue weighted by atomic mass is 10.2. The van der Waals surface area contributed by atoms with Gasteiger partial charge in [-0.1, -0.05) is 54.2 Å². The summed E-state index contributed by atoms with van der Waals surface area (Å²) in [5.41, 5.74) is 0.550. The molecule has 27 heavy (non-hydrogen) atoms. The molecule has 0 aliphatic rings. The van der Waals surface area contributed by atoms with Gasteiger partial charge in [0, 0.05) is 12.3 Å². The normalized spacial score (nSPS) is 11.4. The van der Waals surface area contributed by atoms with Gasteiger partial charge >= 0.3 is 0 Å². The van der Waals surface area contributed by atoms with Crippen molar-refractivity contribution < 1.29 is 12.8 Å². The van der Waals surface area contributed by atoms with Crippen molar-refractivity contribution in [2.24, 2.45) is 0 Å². The first kappa shape index (κ1) is 19.3. The van der Waals surface area contributed by atoms with Gasteiger partial charge in [-0.05, 0) is 23.8 Å². The number of benzene rings is 2. The van der Waals surface area contributed by atoms with E-state index in [1.165, 1.54) is 17.8 Å². The Balaban J connectivity index is 1.83. The third-order valence-corrected chi connectivity index (χ3v) is 6.49. The van der Waals surface area contributed by atoms with E-state index in [9.17, 15) is 12.8 Å². The smallest absolute Gasteiger partial charge is 0.191 e. The Labute approximate surface area is 161 Å². The van der Waals surface area contributed by atoms with Crippen molar-refractivity contribution in [3.05, 3.63) is 84.5 Å². The van der Waals surface area contributed by atoms with Crippen molar-refractivity contribution in [1.29, 1.82) is 0 Å². The molecular formula is C19H18FN3O2S2. The number of thioether (sulfide) groups is 1. The van der Waals surface area contributed by atoms with Gasteiger partial charge in [0.15, 0.2) is 15.0 Å². The van der Waals surface area contributed by atoms with Crippen molar-refractivity contribution in [3.63, 3.8) is 0 Å². The SMILES string of the molecule is C=CCn1c(CS(=O)(=O)c2ccccc2)nnc1SCc1ccccc1F. The van der Waals surface area contributed by atoms with E-state index < -0.39 is 9.84 Å². The molecule has 0 saturated heterocycles. The predicted octanol–water partition coefficient (Wildman–Crippen LogP) is 3.87. The van der Waals surface area contributed by atoms with E-state index in [2.05, 4.69) is 16.8 Å². The lowest BCUT2D eigenvalue weighted by Crippen LogP contribution is -2.11. The van der Waals surface area contributed by atoms with Crippen LogP contribution in [0, 0.1) is 5.82 Å². The number of nitrogens with zero attached hydrogens (tertiary/aromatic N) is 3. The van der Waals surface area contributed by atoms with Crippen LogP contribution in [0.3, 0.4) is 0 Å². The summed E-state index contributed by atoms with van der Waals surface area (Å²) < 4.78 is 40.8. The molecule has 0 aliphatic carbocycles. The molecule has 2 aromatic carbocycles. The van der Waals surface area contributed by atoms with Crippen LogP contribution >= 0.6 is 11.8 Å². The van der Waals surface area contributed by atoms with E-state index in [-0.39, 0.29) is 16.5 Å². The Kier molecular flexibility index (Phi) is 6.08. The summed E-state index contributed by atoms with van der Waals surface area (Å²) in [4.78, 5) is 0.235. The molecule has 0 atom stereocenters. The van der Waals surface area contributed by atoms with Crippen molar-refractivity contribution >= 4 is 21.6 Å². The van der Waals surface area contributed by atoms with Crippen LogP contribution in [0.15, 0.2) is 77.3 Å². The quantitative estimate of drug-likeness (QED) is 0.422. The number of aromatic nitrogens is 3. The molecule has 0 radical (unpaired) electrons. The summed E-state index contributed by atoms with van der Waals surface area (Å²) in [5, 5.41) is 8.67. The van der Waals surface area contributed by atoms with Crippen molar-refractivity contribution in [2.45, 2.75) is 28.1 Å². The van der Waals surface area contributed by atoms with Crippen molar-refractivity contribution in [2.75, 3.05) is 0 Å². The molecule has 0 aliphatic heterocycles. The lowest BCUT2D eigenvalue weighted by molar-refractivity contribution is 0.590. The van der Waals surface area contributed by atoms with Crippen LogP contribution in [0.4, 0.5) is 4.39 Å². The molecule has 0 bridgehead atoms. The Morgan fingerprint density at radius 3 is 2.48 bits per heavy atom. The first-order valence-electron chi connectivity index (χ1n) is 8.18. The topological polar surface area (TPSA) is 64.8 Å². The van der Waals surface area contributed by atoms with Gasteiger partial charge in [-0.2, -0.15) is 0 Å². The fourth-order valence-corrected chi connectivity index (χ4v) is 4.73. The third kappa shape index (κ3) is 4.64. The first-order valence-corrected chi connectivity index (χ1v) is 10.8. The monoisotopic (exact) mass is 403 g/mol. The Morgan fingerprint density at radius 1 is 1.07 bits per heavy atom. The van der Waals surface area contributed by atoms with E-state index >= 15 is 0 Å². The Bertz CT molecular complexity index is 1030. The molecule has 0 N–H and O–H groups in total. The third-order valence-electron chi connectivity index (χ3n) is 3.84. The number of hydrogen-bond donors (Lipinski definition) is 0. The van der Waals surface area contributed by atoms with Gasteiger partial charge in [0.25, 0.3) is 0 Å². The Morgan fingerprint density at radius 2 is 1.78 bits per heavy atom. The van der Waals surface area contributed by atoms with Crippen LogP contribution in [0.5, 0.6) is 0 Å². The van der Waals surface area contributed by atoms with E-state index in [1.54, 1.807) is 59.2 Å². The van der Waals surface area contributed by atoms with E-state index in [1.807, 2.05) is 0 Å². The van der Waals surface area contributed by atoms with Gasteiger partial charge in [0.05, 0.1) is 4.90 Å². The number of sulfone groups is 1. The number of hydrogen-bond acceptors (Lipinski definition) is 5. The maximum Gasteiger partial charge on any atom is 0.191 e. The Hall–Kier alpha value is -2.45. The number of halogens is 1.